The van der Waals surface area contributed by atoms with Crippen LogP contribution in [-0.2, 0) is 23.1 Å². The molecule has 2 heterocycles. The van der Waals surface area contributed by atoms with E-state index in [1.807, 2.05) is 25.5 Å². The van der Waals surface area contributed by atoms with Crippen LogP contribution in [-0.4, -0.2) is 45.3 Å². The molecule has 118 valence electrons. The van der Waals surface area contributed by atoms with E-state index in [9.17, 15) is 4.79 Å². The van der Waals surface area contributed by atoms with Crippen molar-refractivity contribution in [3.8, 4) is 0 Å². The second-order valence-corrected chi connectivity index (χ2v) is 6.21. The molecule has 0 aliphatic carbocycles. The number of rotatable bonds is 5. The smallest absolute Gasteiger partial charge is 0.313 e. The fraction of sp³-hybridized carbons (Fsp3) is 0.800. The van der Waals surface area contributed by atoms with Crippen molar-refractivity contribution in [2.24, 2.45) is 18.4 Å². The van der Waals surface area contributed by atoms with E-state index in [1.54, 1.807) is 0 Å². The summed E-state index contributed by atoms with van der Waals surface area (Å²) in [4.78, 5) is 14.7. The number of likely N-dealkylation sites (tertiary alicyclic amines) is 1. The number of hydrogen-bond donors (Lipinski definition) is 0. The molecule has 0 amide bonds. The maximum Gasteiger partial charge on any atom is 0.313 e. The minimum Gasteiger partial charge on any atom is -0.466 e. The highest BCUT2D eigenvalue weighted by atomic mass is 16.5. The highest BCUT2D eigenvalue weighted by Gasteiger charge is 2.48. The third-order valence-corrected chi connectivity index (χ3v) is 4.71. The highest BCUT2D eigenvalue weighted by Crippen LogP contribution is 2.39. The molecular weight excluding hydrogens is 268 g/mol. The third-order valence-electron chi connectivity index (χ3n) is 4.71. The van der Waals surface area contributed by atoms with E-state index in [0.29, 0.717) is 6.61 Å². The number of esters is 1. The Bertz CT molecular complexity index is 512. The van der Waals surface area contributed by atoms with E-state index < -0.39 is 0 Å². The Morgan fingerprint density at radius 2 is 2.14 bits per heavy atom. The van der Waals surface area contributed by atoms with Gasteiger partial charge in [-0.25, -0.2) is 0 Å². The minimum atomic E-state index is -0.385. The Morgan fingerprint density at radius 1 is 1.43 bits per heavy atom. The number of ether oxygens (including phenoxy) is 1. The molecule has 1 aliphatic rings. The van der Waals surface area contributed by atoms with Crippen LogP contribution in [0.1, 0.15) is 38.8 Å². The lowest BCUT2D eigenvalue weighted by Gasteiger charge is -2.31. The van der Waals surface area contributed by atoms with Gasteiger partial charge in [-0.3, -0.25) is 9.69 Å². The Balaban J connectivity index is 2.10. The first-order chi connectivity index (χ1) is 9.90. The van der Waals surface area contributed by atoms with E-state index >= 15 is 0 Å². The number of carbonyl (C=O) groups is 1. The predicted molar refractivity (Wildman–Crippen MR) is 79.5 cm³/mol. The summed E-state index contributed by atoms with van der Waals surface area (Å²) < 4.78 is 7.32. The topological polar surface area (TPSA) is 60.2 Å². The van der Waals surface area contributed by atoms with Gasteiger partial charge in [-0.1, -0.05) is 13.8 Å². The number of aryl methyl sites for hydroxylation is 1. The zero-order chi connectivity index (χ0) is 15.6. The third kappa shape index (κ3) is 2.95. The van der Waals surface area contributed by atoms with Gasteiger partial charge < -0.3 is 9.30 Å². The van der Waals surface area contributed by atoms with Gasteiger partial charge in [0, 0.05) is 13.6 Å². The number of aromatic nitrogens is 3. The number of nitrogens with zero attached hydrogens (tertiary/aromatic N) is 4. The van der Waals surface area contributed by atoms with Gasteiger partial charge in [0.15, 0.2) is 0 Å². The van der Waals surface area contributed by atoms with Crippen molar-refractivity contribution in [1.29, 1.82) is 0 Å². The predicted octanol–water partition coefficient (Wildman–Crippen LogP) is 1.53. The second-order valence-electron chi connectivity index (χ2n) is 6.21. The molecule has 0 unspecified atom stereocenters. The molecule has 1 aromatic rings. The molecule has 0 N–H and O–H groups in total. The summed E-state index contributed by atoms with van der Waals surface area (Å²) in [5, 5.41) is 8.30. The van der Waals surface area contributed by atoms with Crippen LogP contribution in [0, 0.1) is 18.3 Å². The van der Waals surface area contributed by atoms with Crippen LogP contribution in [0.3, 0.4) is 0 Å². The van der Waals surface area contributed by atoms with Gasteiger partial charge in [-0.05, 0) is 32.7 Å². The van der Waals surface area contributed by atoms with Gasteiger partial charge in [0.2, 0.25) is 0 Å². The van der Waals surface area contributed by atoms with Crippen LogP contribution in [0.25, 0.3) is 0 Å². The lowest BCUT2D eigenvalue weighted by atomic mass is 9.76. The van der Waals surface area contributed by atoms with E-state index in [4.69, 9.17) is 4.74 Å². The van der Waals surface area contributed by atoms with Crippen LogP contribution in [0.4, 0.5) is 0 Å². The molecule has 1 aromatic heterocycles. The Kier molecular flexibility index (Phi) is 4.66. The molecular formula is C15H26N4O2. The van der Waals surface area contributed by atoms with Gasteiger partial charge >= 0.3 is 5.97 Å². The molecule has 0 bridgehead atoms. The normalized spacial score (nSPS) is 23.0. The fourth-order valence-electron chi connectivity index (χ4n) is 2.99. The molecule has 2 rings (SSSR count). The largest absolute Gasteiger partial charge is 0.466 e. The van der Waals surface area contributed by atoms with Crippen molar-refractivity contribution in [3.63, 3.8) is 0 Å². The molecule has 0 saturated carbocycles. The van der Waals surface area contributed by atoms with Gasteiger partial charge in [0.25, 0.3) is 0 Å². The zero-order valence-corrected chi connectivity index (χ0v) is 13.7. The summed E-state index contributed by atoms with van der Waals surface area (Å²) in [5.74, 6) is 2.06. The lowest BCUT2D eigenvalue weighted by Crippen LogP contribution is -2.40. The Hall–Kier alpha value is -1.43. The Labute approximate surface area is 126 Å². The molecule has 1 fully saturated rings. The molecule has 0 spiro atoms. The first kappa shape index (κ1) is 15.9. The van der Waals surface area contributed by atoms with Crippen molar-refractivity contribution >= 4 is 5.97 Å². The molecule has 6 nitrogen and oxygen atoms in total. The number of hydrogen-bond acceptors (Lipinski definition) is 5. The van der Waals surface area contributed by atoms with E-state index in [0.717, 1.165) is 37.7 Å². The average molecular weight is 294 g/mol. The van der Waals surface area contributed by atoms with Gasteiger partial charge in [-0.2, -0.15) is 0 Å². The van der Waals surface area contributed by atoms with Crippen molar-refractivity contribution in [2.75, 3.05) is 19.7 Å². The molecule has 6 heteroatoms. The zero-order valence-electron chi connectivity index (χ0n) is 13.7. The first-order valence-corrected chi connectivity index (χ1v) is 7.65. The Morgan fingerprint density at radius 3 is 2.67 bits per heavy atom. The monoisotopic (exact) mass is 294 g/mol. The molecule has 21 heavy (non-hydrogen) atoms. The first-order valence-electron chi connectivity index (χ1n) is 7.65. The summed E-state index contributed by atoms with van der Waals surface area (Å²) >= 11 is 0. The van der Waals surface area contributed by atoms with E-state index in [2.05, 4.69) is 28.9 Å². The summed E-state index contributed by atoms with van der Waals surface area (Å²) in [5.41, 5.74) is -0.385. The van der Waals surface area contributed by atoms with Gasteiger partial charge in [-0.15, -0.1) is 10.2 Å². The summed E-state index contributed by atoms with van der Waals surface area (Å²) in [6.45, 7) is 10.8. The van der Waals surface area contributed by atoms with E-state index in [1.165, 1.54) is 0 Å². The highest BCUT2D eigenvalue weighted by molar-refractivity contribution is 5.78. The van der Waals surface area contributed by atoms with Crippen molar-refractivity contribution in [2.45, 2.75) is 40.7 Å². The fourth-order valence-corrected chi connectivity index (χ4v) is 2.99. The minimum absolute atomic E-state index is 0.0587. The molecule has 1 aliphatic heterocycles. The standard InChI is InChI=1S/C15H26N4O2/c1-6-21-14(20)15(11(2)3)7-8-19(10-15)9-13-17-16-12(4)18(13)5/h11H,6-10H2,1-5H3/t15-/m0/s1. The summed E-state index contributed by atoms with van der Waals surface area (Å²) in [6.07, 6.45) is 0.848. The van der Waals surface area contributed by atoms with Crippen LogP contribution < -0.4 is 0 Å². The molecule has 1 saturated heterocycles. The quantitative estimate of drug-likeness (QED) is 0.771. The lowest BCUT2D eigenvalue weighted by molar-refractivity contribution is -0.157. The summed E-state index contributed by atoms with van der Waals surface area (Å²) in [7, 11) is 1.97. The molecule has 0 aromatic carbocycles. The SMILES string of the molecule is CCOC(=O)[C@@]1(C(C)C)CCN(Cc2nnc(C)n2C)C1. The second kappa shape index (κ2) is 6.13. The van der Waals surface area contributed by atoms with Crippen LogP contribution in [0.5, 0.6) is 0 Å². The van der Waals surface area contributed by atoms with E-state index in [-0.39, 0.29) is 17.3 Å². The van der Waals surface area contributed by atoms with Crippen LogP contribution in [0.15, 0.2) is 0 Å². The molecule has 0 radical (unpaired) electrons. The van der Waals surface area contributed by atoms with Crippen LogP contribution >= 0.6 is 0 Å². The van der Waals surface area contributed by atoms with Crippen molar-refractivity contribution < 1.29 is 9.53 Å². The maximum absolute atomic E-state index is 12.4. The summed E-state index contributed by atoms with van der Waals surface area (Å²) in [6, 6.07) is 0. The number of carbonyl (C=O) groups excluding carboxylic acids is 1. The van der Waals surface area contributed by atoms with Crippen molar-refractivity contribution in [3.05, 3.63) is 11.6 Å². The van der Waals surface area contributed by atoms with Gasteiger partial charge in [0.1, 0.15) is 11.6 Å². The van der Waals surface area contributed by atoms with Gasteiger partial charge in [0.05, 0.1) is 18.6 Å². The maximum atomic E-state index is 12.4. The van der Waals surface area contributed by atoms with Crippen LogP contribution in [0.2, 0.25) is 0 Å². The molecule has 1 atom stereocenters. The average Bonchev–Trinajstić information content (AvgIpc) is 2.99. The van der Waals surface area contributed by atoms with Crippen molar-refractivity contribution in [1.82, 2.24) is 19.7 Å².